The van der Waals surface area contributed by atoms with Crippen LogP contribution in [0.5, 0.6) is 0 Å². The number of nitrogens with one attached hydrogen (secondary N) is 3. The molecule has 2 amide bonds. The van der Waals surface area contributed by atoms with E-state index >= 15 is 0 Å². The van der Waals surface area contributed by atoms with E-state index in [0.29, 0.717) is 11.6 Å². The zero-order valence-corrected chi connectivity index (χ0v) is 17.7. The Morgan fingerprint density at radius 1 is 1.03 bits per heavy atom. The van der Waals surface area contributed by atoms with Gasteiger partial charge in [-0.25, -0.2) is 8.42 Å². The Morgan fingerprint density at radius 3 is 2.14 bits per heavy atom. The minimum absolute atomic E-state index is 0.00160. The lowest BCUT2D eigenvalue weighted by atomic mass is 10.3. The van der Waals surface area contributed by atoms with Crippen LogP contribution >= 0.6 is 23.2 Å². The Morgan fingerprint density at radius 2 is 1.59 bits per heavy atom. The van der Waals surface area contributed by atoms with Crippen molar-refractivity contribution < 1.29 is 18.0 Å². The topological polar surface area (TPSA) is 104 Å². The first-order valence-electron chi connectivity index (χ1n) is 8.82. The summed E-state index contributed by atoms with van der Waals surface area (Å²) in [6.07, 6.45) is 0.851. The predicted octanol–water partition coefficient (Wildman–Crippen LogP) is 3.50. The molecule has 2 aromatic carbocycles. The molecular weight excluding hydrogens is 437 g/mol. The van der Waals surface area contributed by atoms with Gasteiger partial charge >= 0.3 is 0 Å². The normalized spacial score (nSPS) is 18.0. The number of halogens is 2. The van der Waals surface area contributed by atoms with Gasteiger partial charge in [-0.15, -0.1) is 0 Å². The molecule has 0 spiro atoms. The Balaban J connectivity index is 1.58. The molecule has 154 valence electrons. The molecule has 3 rings (SSSR count). The molecule has 1 aliphatic rings. The van der Waals surface area contributed by atoms with E-state index in [0.717, 1.165) is 6.42 Å². The fourth-order valence-electron chi connectivity index (χ4n) is 2.76. The van der Waals surface area contributed by atoms with Crippen molar-refractivity contribution in [1.82, 2.24) is 5.32 Å². The summed E-state index contributed by atoms with van der Waals surface area (Å²) in [7, 11) is -3.98. The maximum atomic E-state index is 12.5. The number of hydrogen-bond donors (Lipinski definition) is 3. The molecule has 0 heterocycles. The van der Waals surface area contributed by atoms with Crippen molar-refractivity contribution in [2.24, 2.45) is 11.8 Å². The maximum absolute atomic E-state index is 12.5. The standard InChI is InChI=1S/C19H19Cl2N3O4S/c1-11-9-14(11)19(26)22-10-17(25)23-12-5-7-13(8-6-12)24-29(27,28)18-15(20)3-2-4-16(18)21/h2-8,11,14,24H,9-10H2,1H3,(H,22,26)(H,23,25)/t11-,14+/m0/s1. The van der Waals surface area contributed by atoms with Crippen molar-refractivity contribution in [2.45, 2.75) is 18.2 Å². The summed E-state index contributed by atoms with van der Waals surface area (Å²) in [6.45, 7) is 1.86. The van der Waals surface area contributed by atoms with Gasteiger partial charge in [0, 0.05) is 17.3 Å². The molecule has 2 aromatic rings. The number of carbonyl (C=O) groups is 2. The van der Waals surface area contributed by atoms with Crippen molar-refractivity contribution in [2.75, 3.05) is 16.6 Å². The van der Waals surface area contributed by atoms with E-state index in [9.17, 15) is 18.0 Å². The molecule has 29 heavy (non-hydrogen) atoms. The summed E-state index contributed by atoms with van der Waals surface area (Å²) in [4.78, 5) is 23.5. The second-order valence-corrected chi connectivity index (χ2v) is 9.25. The predicted molar refractivity (Wildman–Crippen MR) is 113 cm³/mol. The minimum Gasteiger partial charge on any atom is -0.347 e. The molecule has 2 atom stereocenters. The van der Waals surface area contributed by atoms with E-state index in [-0.39, 0.29) is 44.9 Å². The highest BCUT2D eigenvalue weighted by atomic mass is 35.5. The quantitative estimate of drug-likeness (QED) is 0.593. The van der Waals surface area contributed by atoms with Crippen molar-refractivity contribution in [3.63, 3.8) is 0 Å². The molecule has 1 saturated carbocycles. The number of benzene rings is 2. The second kappa shape index (κ2) is 8.61. The molecular formula is C19H19Cl2N3O4S. The highest BCUT2D eigenvalue weighted by Crippen LogP contribution is 2.37. The third-order valence-electron chi connectivity index (χ3n) is 4.48. The van der Waals surface area contributed by atoms with Crippen LogP contribution in [-0.4, -0.2) is 26.8 Å². The Hall–Kier alpha value is -2.29. The van der Waals surface area contributed by atoms with E-state index in [1.807, 2.05) is 6.92 Å². The van der Waals surface area contributed by atoms with Crippen LogP contribution in [-0.2, 0) is 19.6 Å². The summed E-state index contributed by atoms with van der Waals surface area (Å²) in [5.41, 5.74) is 0.734. The van der Waals surface area contributed by atoms with Gasteiger partial charge in [-0.05, 0) is 48.7 Å². The molecule has 10 heteroatoms. The summed E-state index contributed by atoms with van der Waals surface area (Å²) in [5, 5.41) is 5.25. The van der Waals surface area contributed by atoms with Gasteiger partial charge in [-0.3, -0.25) is 14.3 Å². The Kier molecular flexibility index (Phi) is 6.36. The number of anilines is 2. The third-order valence-corrected chi connectivity index (χ3v) is 6.81. The van der Waals surface area contributed by atoms with E-state index in [1.165, 1.54) is 36.4 Å². The van der Waals surface area contributed by atoms with Gasteiger partial charge in [0.1, 0.15) is 4.90 Å². The highest BCUT2D eigenvalue weighted by molar-refractivity contribution is 7.93. The fraction of sp³-hybridized carbons (Fsp3) is 0.263. The molecule has 1 aliphatic carbocycles. The molecule has 0 bridgehead atoms. The monoisotopic (exact) mass is 455 g/mol. The summed E-state index contributed by atoms with van der Waals surface area (Å²) >= 11 is 11.9. The number of hydrogen-bond acceptors (Lipinski definition) is 4. The highest BCUT2D eigenvalue weighted by Gasteiger charge is 2.38. The molecule has 0 radical (unpaired) electrons. The summed E-state index contributed by atoms with van der Waals surface area (Å²) < 4.78 is 27.5. The lowest BCUT2D eigenvalue weighted by Crippen LogP contribution is -2.34. The zero-order chi connectivity index (χ0) is 21.2. The van der Waals surface area contributed by atoms with Gasteiger partial charge in [0.25, 0.3) is 10.0 Å². The van der Waals surface area contributed by atoms with Crippen molar-refractivity contribution >= 4 is 56.4 Å². The molecule has 7 nitrogen and oxygen atoms in total. The van der Waals surface area contributed by atoms with Crippen molar-refractivity contribution in [1.29, 1.82) is 0 Å². The van der Waals surface area contributed by atoms with Crippen LogP contribution in [0.1, 0.15) is 13.3 Å². The van der Waals surface area contributed by atoms with Gasteiger partial charge in [0.15, 0.2) is 0 Å². The SMILES string of the molecule is C[C@H]1C[C@H]1C(=O)NCC(=O)Nc1ccc(NS(=O)(=O)c2c(Cl)cccc2Cl)cc1. The van der Waals surface area contributed by atoms with E-state index in [1.54, 1.807) is 6.07 Å². The van der Waals surface area contributed by atoms with Crippen LogP contribution in [0.2, 0.25) is 10.0 Å². The van der Waals surface area contributed by atoms with Crippen LogP contribution in [0.25, 0.3) is 0 Å². The minimum atomic E-state index is -3.98. The van der Waals surface area contributed by atoms with Gasteiger partial charge < -0.3 is 10.6 Å². The first kappa shape index (κ1) is 21.4. The maximum Gasteiger partial charge on any atom is 0.264 e. The van der Waals surface area contributed by atoms with Gasteiger partial charge in [-0.1, -0.05) is 36.2 Å². The van der Waals surface area contributed by atoms with Crippen LogP contribution in [0.4, 0.5) is 11.4 Å². The first-order chi connectivity index (χ1) is 13.7. The van der Waals surface area contributed by atoms with Crippen molar-refractivity contribution in [3.8, 4) is 0 Å². The average Bonchev–Trinajstić information content (AvgIpc) is 3.37. The average molecular weight is 456 g/mol. The molecule has 0 unspecified atom stereocenters. The van der Waals surface area contributed by atoms with Gasteiger partial charge in [0.2, 0.25) is 11.8 Å². The molecule has 0 saturated heterocycles. The number of rotatable bonds is 7. The number of sulfonamides is 1. The van der Waals surface area contributed by atoms with E-state index < -0.39 is 10.0 Å². The lowest BCUT2D eigenvalue weighted by molar-refractivity contribution is -0.125. The Labute approximate surface area is 178 Å². The third kappa shape index (κ3) is 5.41. The zero-order valence-electron chi connectivity index (χ0n) is 15.4. The van der Waals surface area contributed by atoms with Crippen LogP contribution < -0.4 is 15.4 Å². The first-order valence-corrected chi connectivity index (χ1v) is 11.1. The molecule has 3 N–H and O–H groups in total. The van der Waals surface area contributed by atoms with E-state index in [4.69, 9.17) is 23.2 Å². The molecule has 0 aromatic heterocycles. The fourth-order valence-corrected chi connectivity index (χ4v) is 4.96. The Bertz CT molecular complexity index is 1020. The van der Waals surface area contributed by atoms with Gasteiger partial charge in [-0.2, -0.15) is 0 Å². The van der Waals surface area contributed by atoms with Crippen LogP contribution in [0, 0.1) is 11.8 Å². The van der Waals surface area contributed by atoms with Crippen LogP contribution in [0.3, 0.4) is 0 Å². The second-order valence-electron chi connectivity index (χ2n) is 6.82. The lowest BCUT2D eigenvalue weighted by Gasteiger charge is -2.12. The molecule has 1 fully saturated rings. The number of amides is 2. The summed E-state index contributed by atoms with van der Waals surface area (Å²) in [6, 6.07) is 10.5. The van der Waals surface area contributed by atoms with Crippen molar-refractivity contribution in [3.05, 3.63) is 52.5 Å². The smallest absolute Gasteiger partial charge is 0.264 e. The largest absolute Gasteiger partial charge is 0.347 e. The van der Waals surface area contributed by atoms with E-state index in [2.05, 4.69) is 15.4 Å². The van der Waals surface area contributed by atoms with Crippen LogP contribution in [0.15, 0.2) is 47.4 Å². The number of carbonyl (C=O) groups excluding carboxylic acids is 2. The van der Waals surface area contributed by atoms with Gasteiger partial charge in [0.05, 0.1) is 16.6 Å². The summed E-state index contributed by atoms with van der Waals surface area (Å²) in [5.74, 6) is -0.116. The molecule has 0 aliphatic heterocycles.